The Bertz CT molecular complexity index is 244. The third-order valence-corrected chi connectivity index (χ3v) is 3.42. The lowest BCUT2D eigenvalue weighted by Gasteiger charge is -2.16. The highest BCUT2D eigenvalue weighted by Gasteiger charge is 2.07. The first-order valence-corrected chi connectivity index (χ1v) is 6.64. The maximum Gasteiger partial charge on any atom is 0.0213 e. The number of thiophene rings is 1. The predicted octanol–water partition coefficient (Wildman–Crippen LogP) is 2.95. The lowest BCUT2D eigenvalue weighted by molar-refractivity contribution is 0.417. The van der Waals surface area contributed by atoms with Gasteiger partial charge in [-0.3, -0.25) is 11.3 Å². The molecule has 0 saturated carbocycles. The highest BCUT2D eigenvalue weighted by Crippen LogP contribution is 2.13. The van der Waals surface area contributed by atoms with Crippen LogP contribution in [-0.4, -0.2) is 6.04 Å². The lowest BCUT2D eigenvalue weighted by atomic mass is 9.99. The van der Waals surface area contributed by atoms with Gasteiger partial charge in [0.25, 0.3) is 0 Å². The van der Waals surface area contributed by atoms with Crippen LogP contribution in [0.15, 0.2) is 16.8 Å². The highest BCUT2D eigenvalue weighted by molar-refractivity contribution is 7.07. The number of hydrogen-bond donors (Lipinski definition) is 2. The monoisotopic (exact) mass is 226 g/mol. The fourth-order valence-corrected chi connectivity index (χ4v) is 2.32. The van der Waals surface area contributed by atoms with Crippen LogP contribution < -0.4 is 11.3 Å². The standard InChI is InChI=1S/C12H22N2S/c1-10(2)3-5-12(14-13)6-4-11-7-8-15-9-11/h7-10,12,14H,3-6,13H2,1-2H3. The van der Waals surface area contributed by atoms with E-state index in [1.807, 2.05) is 0 Å². The quantitative estimate of drug-likeness (QED) is 0.554. The summed E-state index contributed by atoms with van der Waals surface area (Å²) in [7, 11) is 0. The minimum absolute atomic E-state index is 0.465. The Labute approximate surface area is 96.9 Å². The Morgan fingerprint density at radius 1 is 1.33 bits per heavy atom. The van der Waals surface area contributed by atoms with Crippen LogP contribution in [0.1, 0.15) is 38.7 Å². The molecule has 0 amide bonds. The molecule has 1 aromatic heterocycles. The second kappa shape index (κ2) is 6.99. The van der Waals surface area contributed by atoms with Crippen LogP contribution >= 0.6 is 11.3 Å². The summed E-state index contributed by atoms with van der Waals surface area (Å²) in [6, 6.07) is 2.66. The van der Waals surface area contributed by atoms with Gasteiger partial charge in [0.2, 0.25) is 0 Å². The molecule has 0 fully saturated rings. The van der Waals surface area contributed by atoms with E-state index >= 15 is 0 Å². The Morgan fingerprint density at radius 2 is 2.13 bits per heavy atom. The van der Waals surface area contributed by atoms with Gasteiger partial charge < -0.3 is 0 Å². The molecule has 0 aliphatic heterocycles. The molecule has 3 N–H and O–H groups in total. The average molecular weight is 226 g/mol. The second-order valence-electron chi connectivity index (χ2n) is 4.51. The van der Waals surface area contributed by atoms with E-state index in [0.29, 0.717) is 6.04 Å². The number of rotatable bonds is 7. The van der Waals surface area contributed by atoms with E-state index < -0.39 is 0 Å². The number of aryl methyl sites for hydroxylation is 1. The summed E-state index contributed by atoms with van der Waals surface area (Å²) in [6.07, 6.45) is 4.70. The summed E-state index contributed by atoms with van der Waals surface area (Å²) < 4.78 is 0. The van der Waals surface area contributed by atoms with E-state index in [9.17, 15) is 0 Å². The Kier molecular flexibility index (Phi) is 5.91. The van der Waals surface area contributed by atoms with Crippen molar-refractivity contribution in [3.8, 4) is 0 Å². The van der Waals surface area contributed by atoms with E-state index in [4.69, 9.17) is 5.84 Å². The molecule has 86 valence electrons. The van der Waals surface area contributed by atoms with Crippen molar-refractivity contribution in [2.75, 3.05) is 0 Å². The van der Waals surface area contributed by atoms with E-state index in [-0.39, 0.29) is 0 Å². The van der Waals surface area contributed by atoms with Crippen molar-refractivity contribution in [3.63, 3.8) is 0 Å². The van der Waals surface area contributed by atoms with Gasteiger partial charge in [0.1, 0.15) is 0 Å². The first-order valence-electron chi connectivity index (χ1n) is 5.69. The fraction of sp³-hybridized carbons (Fsp3) is 0.667. The van der Waals surface area contributed by atoms with Crippen LogP contribution in [0.4, 0.5) is 0 Å². The Balaban J connectivity index is 2.22. The fourth-order valence-electron chi connectivity index (χ4n) is 1.62. The summed E-state index contributed by atoms with van der Waals surface area (Å²) in [5.41, 5.74) is 4.36. The Morgan fingerprint density at radius 3 is 2.67 bits per heavy atom. The van der Waals surface area contributed by atoms with Crippen molar-refractivity contribution in [2.45, 2.75) is 45.6 Å². The molecule has 1 unspecified atom stereocenters. The van der Waals surface area contributed by atoms with Gasteiger partial charge in [-0.05, 0) is 54.0 Å². The molecule has 1 heterocycles. The first-order chi connectivity index (χ1) is 7.22. The normalized spacial score (nSPS) is 13.3. The van der Waals surface area contributed by atoms with Crippen molar-refractivity contribution < 1.29 is 0 Å². The largest absolute Gasteiger partial charge is 0.271 e. The summed E-state index contributed by atoms with van der Waals surface area (Å²) in [4.78, 5) is 0. The highest BCUT2D eigenvalue weighted by atomic mass is 32.1. The SMILES string of the molecule is CC(C)CCC(CCc1ccsc1)NN. The molecule has 0 aromatic carbocycles. The lowest BCUT2D eigenvalue weighted by Crippen LogP contribution is -2.35. The summed E-state index contributed by atoms with van der Waals surface area (Å²) in [6.45, 7) is 4.51. The molecular formula is C12H22N2S. The third-order valence-electron chi connectivity index (χ3n) is 2.69. The zero-order chi connectivity index (χ0) is 11.1. The van der Waals surface area contributed by atoms with Gasteiger partial charge in [-0.25, -0.2) is 0 Å². The van der Waals surface area contributed by atoms with Gasteiger partial charge in [-0.1, -0.05) is 13.8 Å². The van der Waals surface area contributed by atoms with Crippen LogP contribution in [-0.2, 0) is 6.42 Å². The number of nitrogens with two attached hydrogens (primary N) is 1. The van der Waals surface area contributed by atoms with Crippen LogP contribution in [0.25, 0.3) is 0 Å². The molecule has 0 aliphatic carbocycles. The molecule has 0 radical (unpaired) electrons. The van der Waals surface area contributed by atoms with E-state index in [1.165, 1.54) is 18.4 Å². The van der Waals surface area contributed by atoms with Crippen LogP contribution in [0.2, 0.25) is 0 Å². The van der Waals surface area contributed by atoms with Crippen LogP contribution in [0, 0.1) is 5.92 Å². The van der Waals surface area contributed by atoms with Crippen LogP contribution in [0.3, 0.4) is 0 Å². The smallest absolute Gasteiger partial charge is 0.0213 e. The average Bonchev–Trinajstić information content (AvgIpc) is 2.70. The minimum atomic E-state index is 0.465. The molecule has 1 rings (SSSR count). The Hall–Kier alpha value is -0.380. The van der Waals surface area contributed by atoms with E-state index in [1.54, 1.807) is 11.3 Å². The van der Waals surface area contributed by atoms with Gasteiger partial charge in [-0.15, -0.1) is 0 Å². The first kappa shape index (κ1) is 12.7. The number of nitrogens with one attached hydrogen (secondary N) is 1. The molecule has 1 atom stereocenters. The third kappa shape index (κ3) is 5.30. The number of hydrogen-bond acceptors (Lipinski definition) is 3. The van der Waals surface area contributed by atoms with Crippen molar-refractivity contribution in [1.29, 1.82) is 0 Å². The minimum Gasteiger partial charge on any atom is -0.271 e. The van der Waals surface area contributed by atoms with Gasteiger partial charge in [0, 0.05) is 6.04 Å². The van der Waals surface area contributed by atoms with Crippen molar-refractivity contribution in [2.24, 2.45) is 11.8 Å². The van der Waals surface area contributed by atoms with E-state index in [0.717, 1.165) is 18.8 Å². The van der Waals surface area contributed by atoms with Crippen LogP contribution in [0.5, 0.6) is 0 Å². The maximum atomic E-state index is 5.55. The molecule has 0 bridgehead atoms. The van der Waals surface area contributed by atoms with Gasteiger partial charge >= 0.3 is 0 Å². The maximum absolute atomic E-state index is 5.55. The van der Waals surface area contributed by atoms with Crippen molar-refractivity contribution in [1.82, 2.24) is 5.43 Å². The predicted molar refractivity (Wildman–Crippen MR) is 67.8 cm³/mol. The summed E-state index contributed by atoms with van der Waals surface area (Å²) in [5.74, 6) is 6.32. The summed E-state index contributed by atoms with van der Waals surface area (Å²) >= 11 is 1.77. The molecular weight excluding hydrogens is 204 g/mol. The number of hydrazine groups is 1. The van der Waals surface area contributed by atoms with Gasteiger partial charge in [0.05, 0.1) is 0 Å². The molecule has 0 saturated heterocycles. The van der Waals surface area contributed by atoms with Crippen molar-refractivity contribution >= 4 is 11.3 Å². The van der Waals surface area contributed by atoms with E-state index in [2.05, 4.69) is 36.1 Å². The molecule has 1 aromatic rings. The summed E-state index contributed by atoms with van der Waals surface area (Å²) in [5, 5.41) is 4.35. The molecule has 15 heavy (non-hydrogen) atoms. The molecule has 3 heteroatoms. The zero-order valence-electron chi connectivity index (χ0n) is 9.70. The zero-order valence-corrected chi connectivity index (χ0v) is 10.5. The molecule has 2 nitrogen and oxygen atoms in total. The molecule has 0 spiro atoms. The van der Waals surface area contributed by atoms with Gasteiger partial charge in [0.15, 0.2) is 0 Å². The van der Waals surface area contributed by atoms with Crippen molar-refractivity contribution in [3.05, 3.63) is 22.4 Å². The second-order valence-corrected chi connectivity index (χ2v) is 5.29. The molecule has 0 aliphatic rings. The topological polar surface area (TPSA) is 38.0 Å². The van der Waals surface area contributed by atoms with Gasteiger partial charge in [-0.2, -0.15) is 11.3 Å².